The van der Waals surface area contributed by atoms with Crippen LogP contribution >= 0.6 is 0 Å². The van der Waals surface area contributed by atoms with Gasteiger partial charge in [0.2, 0.25) is 0 Å². The first kappa shape index (κ1) is 13.4. The van der Waals surface area contributed by atoms with Crippen LogP contribution in [0.2, 0.25) is 0 Å². The van der Waals surface area contributed by atoms with Gasteiger partial charge in [0, 0.05) is 23.9 Å². The summed E-state index contributed by atoms with van der Waals surface area (Å²) in [4.78, 5) is 23.5. The number of nitrogens with zero attached hydrogens (tertiary/aromatic N) is 1. The third-order valence-corrected chi connectivity index (χ3v) is 3.71. The van der Waals surface area contributed by atoms with E-state index in [1.807, 2.05) is 27.7 Å². The van der Waals surface area contributed by atoms with E-state index in [9.17, 15) is 14.8 Å². The van der Waals surface area contributed by atoms with Crippen LogP contribution in [0.1, 0.15) is 40.5 Å². The molecule has 0 aliphatic carbocycles. The molecular formula is C13H20N2O3. The van der Waals surface area contributed by atoms with Gasteiger partial charge >= 0.3 is 11.8 Å². The Hall–Kier alpha value is -1.04. The second kappa shape index (κ2) is 3.73. The van der Waals surface area contributed by atoms with E-state index in [0.29, 0.717) is 12.8 Å². The molecule has 2 rings (SSSR count). The zero-order valence-electron chi connectivity index (χ0n) is 11.3. The van der Waals surface area contributed by atoms with Gasteiger partial charge in [0.25, 0.3) is 0 Å². The van der Waals surface area contributed by atoms with E-state index >= 15 is 0 Å². The first-order valence-corrected chi connectivity index (χ1v) is 6.23. The number of carbonyl (C=O) groups is 2. The van der Waals surface area contributed by atoms with Gasteiger partial charge in [-0.3, -0.25) is 0 Å². The predicted octanol–water partition coefficient (Wildman–Crippen LogP) is 1.23. The molecule has 100 valence electrons. The molecule has 0 spiro atoms. The summed E-state index contributed by atoms with van der Waals surface area (Å²) < 4.78 is -1.34. The van der Waals surface area contributed by atoms with Crippen molar-refractivity contribution < 1.29 is 14.2 Å². The van der Waals surface area contributed by atoms with Crippen molar-refractivity contribution in [3.8, 4) is 0 Å². The second-order valence-corrected chi connectivity index (χ2v) is 6.62. The fourth-order valence-corrected chi connectivity index (χ4v) is 3.36. The average Bonchev–Trinajstić information content (AvgIpc) is 2.42. The summed E-state index contributed by atoms with van der Waals surface area (Å²) in [5.74, 6) is -1.28. The Morgan fingerprint density at radius 1 is 1.11 bits per heavy atom. The van der Waals surface area contributed by atoms with Crippen LogP contribution in [0.5, 0.6) is 0 Å². The molecule has 1 N–H and O–H groups in total. The van der Waals surface area contributed by atoms with E-state index in [2.05, 4.69) is 5.32 Å². The van der Waals surface area contributed by atoms with Crippen LogP contribution < -0.4 is 5.32 Å². The Morgan fingerprint density at radius 3 is 1.89 bits per heavy atom. The Balaban J connectivity index is 2.34. The molecule has 0 bridgehead atoms. The van der Waals surface area contributed by atoms with Crippen molar-refractivity contribution in [3.05, 3.63) is 17.4 Å². The highest BCUT2D eigenvalue weighted by molar-refractivity contribution is 6.04. The molecular weight excluding hydrogens is 232 g/mol. The number of quaternary nitrogens is 1. The summed E-state index contributed by atoms with van der Waals surface area (Å²) in [6.07, 6.45) is 3.24. The van der Waals surface area contributed by atoms with Crippen molar-refractivity contribution in [3.63, 3.8) is 0 Å². The minimum absolute atomic E-state index is 0.259. The number of nitrogens with one attached hydrogen (secondary N) is 1. The highest BCUT2D eigenvalue weighted by Crippen LogP contribution is 2.36. The van der Waals surface area contributed by atoms with Crippen LogP contribution in [0.3, 0.4) is 0 Å². The van der Waals surface area contributed by atoms with Gasteiger partial charge in [0.1, 0.15) is 6.04 Å². The maximum Gasteiger partial charge on any atom is 0.346 e. The number of imide groups is 1. The molecule has 0 aromatic heterocycles. The predicted molar refractivity (Wildman–Crippen MR) is 67.1 cm³/mol. The van der Waals surface area contributed by atoms with Gasteiger partial charge in [0.15, 0.2) is 0 Å². The van der Waals surface area contributed by atoms with E-state index < -0.39 is 22.5 Å². The standard InChI is InChI=1S/C13H20N2O3/c1-12(2)7-9(8-13(3,4)14-12)15(18)10(16)5-6-11(15)17/h5-6,9,14H,7-8H2,1-4H3. The van der Waals surface area contributed by atoms with E-state index in [4.69, 9.17) is 0 Å². The lowest BCUT2D eigenvalue weighted by Crippen LogP contribution is -2.67. The largest absolute Gasteiger partial charge is 0.617 e. The summed E-state index contributed by atoms with van der Waals surface area (Å²) in [6.45, 7) is 7.97. The number of hydrogen-bond acceptors (Lipinski definition) is 4. The Bertz CT molecular complexity index is 404. The number of hydroxylamine groups is 3. The molecule has 0 aromatic carbocycles. The molecule has 2 aliphatic heterocycles. The number of amides is 2. The molecule has 5 heteroatoms. The van der Waals surface area contributed by atoms with Crippen molar-refractivity contribution in [1.29, 1.82) is 0 Å². The second-order valence-electron chi connectivity index (χ2n) is 6.62. The number of piperidine rings is 1. The molecule has 1 fully saturated rings. The molecule has 18 heavy (non-hydrogen) atoms. The van der Waals surface area contributed by atoms with Crippen LogP contribution in [-0.4, -0.2) is 33.6 Å². The first-order valence-electron chi connectivity index (χ1n) is 6.23. The van der Waals surface area contributed by atoms with Gasteiger partial charge < -0.3 is 10.5 Å². The van der Waals surface area contributed by atoms with E-state index in [0.717, 1.165) is 12.2 Å². The molecule has 0 radical (unpaired) electrons. The number of carbonyl (C=O) groups excluding carboxylic acids is 2. The monoisotopic (exact) mass is 252 g/mol. The van der Waals surface area contributed by atoms with E-state index in [-0.39, 0.29) is 11.1 Å². The zero-order valence-corrected chi connectivity index (χ0v) is 11.3. The lowest BCUT2D eigenvalue weighted by atomic mass is 9.79. The lowest BCUT2D eigenvalue weighted by Gasteiger charge is -2.51. The Labute approximate surface area is 107 Å². The van der Waals surface area contributed by atoms with Crippen LogP contribution in [-0.2, 0) is 9.59 Å². The molecule has 0 atom stereocenters. The van der Waals surface area contributed by atoms with Gasteiger partial charge in [-0.05, 0) is 27.7 Å². The maximum absolute atomic E-state index is 12.6. The smallest absolute Gasteiger partial charge is 0.346 e. The fraction of sp³-hybridized carbons (Fsp3) is 0.692. The van der Waals surface area contributed by atoms with Crippen molar-refractivity contribution in [2.75, 3.05) is 0 Å². The number of hydrogen-bond donors (Lipinski definition) is 1. The van der Waals surface area contributed by atoms with Gasteiger partial charge in [-0.1, -0.05) is 0 Å². The lowest BCUT2D eigenvalue weighted by molar-refractivity contribution is -0.751. The van der Waals surface area contributed by atoms with Crippen LogP contribution in [0.15, 0.2) is 12.2 Å². The van der Waals surface area contributed by atoms with Crippen LogP contribution in [0.25, 0.3) is 0 Å². The first-order chi connectivity index (χ1) is 8.07. The molecule has 2 aliphatic rings. The summed E-state index contributed by atoms with van der Waals surface area (Å²) in [5, 5.41) is 16.1. The van der Waals surface area contributed by atoms with Gasteiger partial charge in [-0.2, -0.15) is 0 Å². The van der Waals surface area contributed by atoms with Gasteiger partial charge in [-0.15, -0.1) is 0 Å². The quantitative estimate of drug-likeness (QED) is 0.433. The molecule has 0 unspecified atom stereocenters. The molecule has 0 aromatic rings. The molecule has 2 heterocycles. The van der Waals surface area contributed by atoms with Gasteiger partial charge in [-0.25, -0.2) is 14.2 Å². The van der Waals surface area contributed by atoms with Crippen molar-refractivity contribution in [2.45, 2.75) is 57.7 Å². The summed E-state index contributed by atoms with van der Waals surface area (Å²) in [5.41, 5.74) is -0.517. The third-order valence-electron chi connectivity index (χ3n) is 3.71. The van der Waals surface area contributed by atoms with E-state index in [1.165, 1.54) is 0 Å². The molecule has 1 saturated heterocycles. The fourth-order valence-electron chi connectivity index (χ4n) is 3.36. The van der Waals surface area contributed by atoms with E-state index in [1.54, 1.807) is 0 Å². The molecule has 2 amide bonds. The summed E-state index contributed by atoms with van der Waals surface area (Å²) in [7, 11) is 0. The molecule has 0 saturated carbocycles. The average molecular weight is 252 g/mol. The van der Waals surface area contributed by atoms with Crippen molar-refractivity contribution in [2.24, 2.45) is 0 Å². The minimum atomic E-state index is -1.34. The Morgan fingerprint density at radius 2 is 1.50 bits per heavy atom. The number of rotatable bonds is 1. The summed E-state index contributed by atoms with van der Waals surface area (Å²) >= 11 is 0. The highest BCUT2D eigenvalue weighted by Gasteiger charge is 2.51. The minimum Gasteiger partial charge on any atom is -0.617 e. The topological polar surface area (TPSA) is 69.2 Å². The van der Waals surface area contributed by atoms with Gasteiger partial charge in [0.05, 0.1) is 12.2 Å². The summed E-state index contributed by atoms with van der Waals surface area (Å²) in [6, 6.07) is -0.508. The highest BCUT2D eigenvalue weighted by atomic mass is 16.6. The molecule has 5 nitrogen and oxygen atoms in total. The normalized spacial score (nSPS) is 29.8. The Kier molecular flexibility index (Phi) is 2.77. The SMILES string of the molecule is CC1(C)CC([N+]2([O-])C(=O)C=CC2=O)CC(C)(C)N1. The van der Waals surface area contributed by atoms with Crippen molar-refractivity contribution in [1.82, 2.24) is 5.32 Å². The maximum atomic E-state index is 12.6. The zero-order chi connectivity index (χ0) is 13.8. The van der Waals surface area contributed by atoms with Crippen molar-refractivity contribution >= 4 is 11.8 Å². The van der Waals surface area contributed by atoms with Crippen LogP contribution in [0.4, 0.5) is 0 Å². The van der Waals surface area contributed by atoms with Crippen LogP contribution in [0, 0.1) is 5.21 Å². The third kappa shape index (κ3) is 2.02.